The van der Waals surface area contributed by atoms with Crippen molar-refractivity contribution in [3.63, 3.8) is 0 Å². The van der Waals surface area contributed by atoms with E-state index in [1.807, 2.05) is 16.7 Å². The molecule has 1 aromatic heterocycles. The van der Waals surface area contributed by atoms with Crippen LogP contribution in [0.2, 0.25) is 0 Å². The molecule has 2 N–H and O–H groups in total. The zero-order valence-corrected chi connectivity index (χ0v) is 25.7. The maximum Gasteiger partial charge on any atom is 0.337 e. The molecule has 0 saturated heterocycles. The number of carbonyl (C=O) groups is 3. The van der Waals surface area contributed by atoms with Crippen LogP contribution in [-0.4, -0.2) is 52.3 Å². The lowest BCUT2D eigenvalue weighted by molar-refractivity contribution is 0.0599. The van der Waals surface area contributed by atoms with Crippen LogP contribution in [0.15, 0.2) is 66.7 Å². The summed E-state index contributed by atoms with van der Waals surface area (Å²) in [7, 11) is 1.28. The molecule has 0 fully saturated rings. The Bertz CT molecular complexity index is 1590. The summed E-state index contributed by atoms with van der Waals surface area (Å²) < 4.78 is 12.4. The fraction of sp³-hybridized carbons (Fsp3) is 0.361. The number of esters is 1. The van der Waals surface area contributed by atoms with Crippen LogP contribution in [0.4, 0.5) is 0 Å². The molecule has 0 saturated carbocycles. The lowest BCUT2D eigenvalue weighted by Gasteiger charge is -2.16. The number of fused-ring (bicyclic) bond motifs is 1. The molecular formula is C36H41NO7. The van der Waals surface area contributed by atoms with Gasteiger partial charge in [0, 0.05) is 22.2 Å². The number of rotatable bonds is 16. The van der Waals surface area contributed by atoms with Crippen LogP contribution in [-0.2, 0) is 17.7 Å². The number of methoxy groups -OCH3 is 1. The fourth-order valence-corrected chi connectivity index (χ4v) is 5.47. The number of aromatic carboxylic acids is 1. The van der Waals surface area contributed by atoms with E-state index in [1.165, 1.54) is 75.5 Å². The third kappa shape index (κ3) is 7.94. The second kappa shape index (κ2) is 15.3. The first-order valence-electron chi connectivity index (χ1n) is 15.2. The first-order chi connectivity index (χ1) is 21.2. The van der Waals surface area contributed by atoms with E-state index in [9.17, 15) is 24.6 Å². The average Bonchev–Trinajstić information content (AvgIpc) is 3.31. The highest BCUT2D eigenvalue weighted by atomic mass is 16.5. The minimum absolute atomic E-state index is 0.0430. The molecule has 1 unspecified atom stereocenters. The Hall–Kier alpha value is -4.43. The van der Waals surface area contributed by atoms with Gasteiger partial charge in [0.1, 0.15) is 18.5 Å². The van der Waals surface area contributed by atoms with Crippen molar-refractivity contribution in [2.45, 2.75) is 71.4 Å². The standard InChI is InChI=1S/C36H41NO7/c1-4-5-6-7-8-9-10-25-11-18-30(19-12-25)44-23-29(38)22-37-24(2)33(31-21-28(35(40)41)17-20-32(31)37)34(39)26-13-15-27(16-14-26)36(42)43-3/h11-21,29,38H,4-10,22-23H2,1-3H3,(H,40,41). The lowest BCUT2D eigenvalue weighted by Crippen LogP contribution is -2.24. The topological polar surface area (TPSA) is 115 Å². The van der Waals surface area contributed by atoms with Crippen molar-refractivity contribution >= 4 is 28.6 Å². The number of unbranched alkanes of at least 4 members (excludes halogenated alkanes) is 5. The van der Waals surface area contributed by atoms with Crippen LogP contribution in [0.25, 0.3) is 10.9 Å². The Morgan fingerprint density at radius 2 is 1.48 bits per heavy atom. The molecule has 4 rings (SSSR count). The average molecular weight is 600 g/mol. The summed E-state index contributed by atoms with van der Waals surface area (Å²) in [5.41, 5.74) is 3.51. The van der Waals surface area contributed by atoms with Crippen LogP contribution < -0.4 is 4.74 Å². The maximum absolute atomic E-state index is 13.7. The molecule has 0 amide bonds. The number of ether oxygens (including phenoxy) is 2. The number of carboxylic acid groups (broad SMARTS) is 1. The minimum Gasteiger partial charge on any atom is -0.491 e. The molecule has 4 aromatic rings. The van der Waals surface area contributed by atoms with Gasteiger partial charge in [-0.2, -0.15) is 0 Å². The van der Waals surface area contributed by atoms with Crippen LogP contribution >= 0.6 is 0 Å². The number of carboxylic acids is 1. The highest BCUT2D eigenvalue weighted by Crippen LogP contribution is 2.30. The van der Waals surface area contributed by atoms with E-state index < -0.39 is 18.0 Å². The van der Waals surface area contributed by atoms with Gasteiger partial charge in [0.15, 0.2) is 5.78 Å². The van der Waals surface area contributed by atoms with Crippen LogP contribution in [0.3, 0.4) is 0 Å². The summed E-state index contributed by atoms with van der Waals surface area (Å²) >= 11 is 0. The Morgan fingerprint density at radius 3 is 2.14 bits per heavy atom. The molecule has 1 heterocycles. The van der Waals surface area contributed by atoms with Gasteiger partial charge in [-0.25, -0.2) is 9.59 Å². The molecular weight excluding hydrogens is 558 g/mol. The summed E-state index contributed by atoms with van der Waals surface area (Å²) in [5, 5.41) is 21.0. The van der Waals surface area contributed by atoms with Crippen LogP contribution in [0.5, 0.6) is 5.75 Å². The van der Waals surface area contributed by atoms with Gasteiger partial charge in [0.2, 0.25) is 0 Å². The molecule has 3 aromatic carbocycles. The predicted molar refractivity (Wildman–Crippen MR) is 170 cm³/mol. The molecule has 8 heteroatoms. The van der Waals surface area contributed by atoms with E-state index in [0.29, 0.717) is 39.0 Å². The van der Waals surface area contributed by atoms with Gasteiger partial charge in [0.25, 0.3) is 0 Å². The van der Waals surface area contributed by atoms with Gasteiger partial charge >= 0.3 is 11.9 Å². The Balaban J connectivity index is 1.47. The van der Waals surface area contributed by atoms with E-state index in [0.717, 1.165) is 6.42 Å². The van der Waals surface area contributed by atoms with E-state index in [1.54, 1.807) is 25.1 Å². The van der Waals surface area contributed by atoms with Gasteiger partial charge in [-0.1, -0.05) is 63.3 Å². The van der Waals surface area contributed by atoms with Crippen molar-refractivity contribution in [1.29, 1.82) is 0 Å². The molecule has 0 aliphatic carbocycles. The molecule has 0 aliphatic rings. The van der Waals surface area contributed by atoms with Gasteiger partial charge < -0.3 is 24.3 Å². The number of aliphatic hydroxyl groups excluding tert-OH is 1. The second-order valence-corrected chi connectivity index (χ2v) is 11.1. The number of aryl methyl sites for hydroxylation is 1. The largest absolute Gasteiger partial charge is 0.491 e. The Kier molecular flexibility index (Phi) is 11.3. The van der Waals surface area contributed by atoms with E-state index in [2.05, 4.69) is 19.1 Å². The van der Waals surface area contributed by atoms with Crippen LogP contribution in [0.1, 0.15) is 93.3 Å². The molecule has 8 nitrogen and oxygen atoms in total. The van der Waals surface area contributed by atoms with Gasteiger partial charge in [-0.05, 0) is 67.8 Å². The van der Waals surface area contributed by atoms with Crippen molar-refractivity contribution in [2.24, 2.45) is 0 Å². The zero-order valence-electron chi connectivity index (χ0n) is 25.7. The van der Waals surface area contributed by atoms with Crippen molar-refractivity contribution in [3.8, 4) is 5.75 Å². The van der Waals surface area contributed by atoms with Crippen molar-refractivity contribution in [1.82, 2.24) is 4.57 Å². The summed E-state index contributed by atoms with van der Waals surface area (Å²) in [4.78, 5) is 37.3. The monoisotopic (exact) mass is 599 g/mol. The smallest absolute Gasteiger partial charge is 0.337 e. The van der Waals surface area contributed by atoms with E-state index in [4.69, 9.17) is 9.47 Å². The number of ketones is 1. The normalized spacial score (nSPS) is 11.8. The third-order valence-corrected chi connectivity index (χ3v) is 7.94. The highest BCUT2D eigenvalue weighted by molar-refractivity contribution is 6.18. The van der Waals surface area contributed by atoms with Crippen molar-refractivity contribution < 1.29 is 34.1 Å². The maximum atomic E-state index is 13.7. The van der Waals surface area contributed by atoms with Gasteiger partial charge in [0.05, 0.1) is 30.3 Å². The molecule has 232 valence electrons. The van der Waals surface area contributed by atoms with Gasteiger partial charge in [-0.15, -0.1) is 0 Å². The third-order valence-electron chi connectivity index (χ3n) is 7.94. The van der Waals surface area contributed by atoms with Crippen molar-refractivity contribution in [3.05, 3.63) is 100 Å². The first-order valence-corrected chi connectivity index (χ1v) is 15.2. The molecule has 0 bridgehead atoms. The number of hydrogen-bond donors (Lipinski definition) is 2. The second-order valence-electron chi connectivity index (χ2n) is 11.1. The molecule has 0 spiro atoms. The number of hydrogen-bond acceptors (Lipinski definition) is 6. The first kappa shape index (κ1) is 32.5. The number of nitrogens with zero attached hydrogens (tertiary/aromatic N) is 1. The molecule has 1 atom stereocenters. The predicted octanol–water partition coefficient (Wildman–Crippen LogP) is 7.01. The fourth-order valence-electron chi connectivity index (χ4n) is 5.47. The molecule has 44 heavy (non-hydrogen) atoms. The zero-order chi connectivity index (χ0) is 31.6. The summed E-state index contributed by atoms with van der Waals surface area (Å²) in [5.74, 6) is -1.27. The van der Waals surface area contributed by atoms with Crippen LogP contribution in [0, 0.1) is 6.92 Å². The summed E-state index contributed by atoms with van der Waals surface area (Å²) in [6.07, 6.45) is 7.69. The summed E-state index contributed by atoms with van der Waals surface area (Å²) in [6.45, 7) is 4.17. The number of aliphatic hydroxyl groups is 1. The molecule has 0 radical (unpaired) electrons. The number of aromatic nitrogens is 1. The van der Waals surface area contributed by atoms with Gasteiger partial charge in [-0.3, -0.25) is 4.79 Å². The van der Waals surface area contributed by atoms with E-state index >= 15 is 0 Å². The quantitative estimate of drug-likeness (QED) is 0.0809. The highest BCUT2D eigenvalue weighted by Gasteiger charge is 2.24. The lowest BCUT2D eigenvalue weighted by atomic mass is 9.98. The Morgan fingerprint density at radius 1 is 0.841 bits per heavy atom. The van der Waals surface area contributed by atoms with E-state index in [-0.39, 0.29) is 24.5 Å². The molecule has 0 aliphatic heterocycles. The minimum atomic E-state index is -1.11. The summed E-state index contributed by atoms with van der Waals surface area (Å²) in [6, 6.07) is 18.7. The van der Waals surface area contributed by atoms with Crippen molar-refractivity contribution in [2.75, 3.05) is 13.7 Å². The SMILES string of the molecule is CCCCCCCCc1ccc(OCC(O)Cn2c(C)c(C(=O)c3ccc(C(=O)OC)cc3)c3cc(C(=O)O)ccc32)cc1. The number of benzene rings is 3. The number of carbonyl (C=O) groups excluding carboxylic acids is 2. The Labute approximate surface area is 258 Å².